The topological polar surface area (TPSA) is 55.9 Å². The van der Waals surface area contributed by atoms with Crippen molar-refractivity contribution < 1.29 is 0 Å². The summed E-state index contributed by atoms with van der Waals surface area (Å²) in [5.74, 6) is 0. The first kappa shape index (κ1) is 14.4. The summed E-state index contributed by atoms with van der Waals surface area (Å²) in [7, 11) is 1.90. The summed E-state index contributed by atoms with van der Waals surface area (Å²) in [6.45, 7) is 2.47. The fourth-order valence-corrected chi connectivity index (χ4v) is 2.44. The highest BCUT2D eigenvalue weighted by Gasteiger charge is 2.15. The second-order valence-electron chi connectivity index (χ2n) is 4.41. The van der Waals surface area contributed by atoms with Crippen molar-refractivity contribution in [1.29, 1.82) is 0 Å². The zero-order valence-corrected chi connectivity index (χ0v) is 13.2. The third-order valence-electron chi connectivity index (χ3n) is 2.92. The molecule has 0 saturated carbocycles. The second-order valence-corrected chi connectivity index (χ2v) is 5.67. The highest BCUT2D eigenvalue weighted by Crippen LogP contribution is 2.28. The highest BCUT2D eigenvalue weighted by atomic mass is 79.9. The van der Waals surface area contributed by atoms with E-state index in [-0.39, 0.29) is 6.04 Å². The molecule has 1 atom stereocenters. The molecule has 0 bridgehead atoms. The maximum Gasteiger partial charge on any atom is 0.0669 e. The number of nitrogens with one attached hydrogen (secondary N) is 1. The molecule has 1 aromatic carbocycles. The molecule has 102 valence electrons. The van der Waals surface area contributed by atoms with Crippen molar-refractivity contribution in [2.24, 2.45) is 12.8 Å². The van der Waals surface area contributed by atoms with E-state index in [0.29, 0.717) is 11.6 Å². The Morgan fingerprint density at radius 2 is 2.26 bits per heavy atom. The van der Waals surface area contributed by atoms with Crippen molar-refractivity contribution in [2.75, 3.05) is 11.9 Å². The Morgan fingerprint density at radius 1 is 1.53 bits per heavy atom. The van der Waals surface area contributed by atoms with E-state index in [2.05, 4.69) is 26.3 Å². The van der Waals surface area contributed by atoms with Crippen molar-refractivity contribution in [2.45, 2.75) is 13.0 Å². The number of halogens is 2. The van der Waals surface area contributed by atoms with Gasteiger partial charge >= 0.3 is 0 Å². The largest absolute Gasteiger partial charge is 0.377 e. The molecule has 1 heterocycles. The van der Waals surface area contributed by atoms with Crippen LogP contribution in [0, 0.1) is 6.92 Å². The second kappa shape index (κ2) is 5.94. The average molecular weight is 344 g/mol. The molecular formula is C13H16BrClN4. The molecule has 1 aromatic heterocycles. The normalized spacial score (nSPS) is 12.5. The van der Waals surface area contributed by atoms with Gasteiger partial charge in [-0.25, -0.2) is 0 Å². The fraction of sp³-hybridized carbons (Fsp3) is 0.308. The van der Waals surface area contributed by atoms with Gasteiger partial charge in [0.25, 0.3) is 0 Å². The minimum Gasteiger partial charge on any atom is -0.377 e. The molecule has 0 aliphatic rings. The SMILES string of the molecule is Cc1nn(C)cc1C(CN)Nc1ccc(Br)c(Cl)c1. The first-order chi connectivity index (χ1) is 9.01. The lowest BCUT2D eigenvalue weighted by atomic mass is 10.1. The summed E-state index contributed by atoms with van der Waals surface area (Å²) in [6, 6.07) is 5.77. The summed E-state index contributed by atoms with van der Waals surface area (Å²) >= 11 is 9.46. The molecule has 1 unspecified atom stereocenters. The van der Waals surface area contributed by atoms with Crippen molar-refractivity contribution in [3.63, 3.8) is 0 Å². The molecule has 0 amide bonds. The van der Waals surface area contributed by atoms with Gasteiger partial charge in [-0.05, 0) is 41.1 Å². The van der Waals surface area contributed by atoms with E-state index in [1.807, 2.05) is 38.4 Å². The molecule has 0 aliphatic heterocycles. The number of anilines is 1. The van der Waals surface area contributed by atoms with Crippen LogP contribution in [-0.4, -0.2) is 16.3 Å². The molecule has 2 rings (SSSR count). The van der Waals surface area contributed by atoms with Gasteiger partial charge in [-0.1, -0.05) is 11.6 Å². The molecule has 0 radical (unpaired) electrons. The Morgan fingerprint density at radius 3 is 2.79 bits per heavy atom. The lowest BCUT2D eigenvalue weighted by molar-refractivity contribution is 0.754. The number of benzene rings is 1. The minimum absolute atomic E-state index is 0.0194. The van der Waals surface area contributed by atoms with E-state index in [9.17, 15) is 0 Å². The van der Waals surface area contributed by atoms with Gasteiger partial charge in [0.2, 0.25) is 0 Å². The van der Waals surface area contributed by atoms with Crippen LogP contribution in [0.3, 0.4) is 0 Å². The number of rotatable bonds is 4. The van der Waals surface area contributed by atoms with Crippen LogP contribution in [0.5, 0.6) is 0 Å². The van der Waals surface area contributed by atoms with Gasteiger partial charge in [-0.15, -0.1) is 0 Å². The van der Waals surface area contributed by atoms with Crippen LogP contribution in [0.2, 0.25) is 5.02 Å². The first-order valence-electron chi connectivity index (χ1n) is 5.93. The molecule has 0 aliphatic carbocycles. The zero-order valence-electron chi connectivity index (χ0n) is 10.8. The smallest absolute Gasteiger partial charge is 0.0669 e. The highest BCUT2D eigenvalue weighted by molar-refractivity contribution is 9.10. The monoisotopic (exact) mass is 342 g/mol. The third kappa shape index (κ3) is 3.29. The molecule has 2 aromatic rings. The van der Waals surface area contributed by atoms with Crippen LogP contribution in [0.4, 0.5) is 5.69 Å². The molecule has 4 nitrogen and oxygen atoms in total. The molecular weight excluding hydrogens is 328 g/mol. The first-order valence-corrected chi connectivity index (χ1v) is 7.10. The van der Waals surface area contributed by atoms with Crippen LogP contribution in [-0.2, 0) is 7.05 Å². The summed E-state index contributed by atoms with van der Waals surface area (Å²) in [5.41, 5.74) is 8.88. The predicted molar refractivity (Wildman–Crippen MR) is 82.5 cm³/mol. The third-order valence-corrected chi connectivity index (χ3v) is 4.16. The van der Waals surface area contributed by atoms with E-state index in [1.54, 1.807) is 4.68 Å². The Bertz CT molecular complexity index is 582. The van der Waals surface area contributed by atoms with Crippen LogP contribution in [0.25, 0.3) is 0 Å². The molecule has 0 saturated heterocycles. The predicted octanol–water partition coefficient (Wildman–Crippen LogP) is 3.26. The van der Waals surface area contributed by atoms with Crippen molar-refractivity contribution >= 4 is 33.2 Å². The molecule has 3 N–H and O–H groups in total. The standard InChI is InChI=1S/C13H16BrClN4/c1-8-10(7-19(2)18-8)13(6-16)17-9-3-4-11(14)12(15)5-9/h3-5,7,13,17H,6,16H2,1-2H3. The van der Waals surface area contributed by atoms with Gasteiger partial charge in [0, 0.05) is 35.5 Å². The average Bonchev–Trinajstić information content (AvgIpc) is 2.70. The van der Waals surface area contributed by atoms with Gasteiger partial charge in [0.15, 0.2) is 0 Å². The Hall–Kier alpha value is -1.04. The molecule has 0 fully saturated rings. The van der Waals surface area contributed by atoms with Crippen molar-refractivity contribution in [3.05, 3.63) is 45.1 Å². The summed E-state index contributed by atoms with van der Waals surface area (Å²) < 4.78 is 2.67. The van der Waals surface area contributed by atoms with Gasteiger partial charge in [0.1, 0.15) is 0 Å². The van der Waals surface area contributed by atoms with Crippen LogP contribution in [0.15, 0.2) is 28.9 Å². The summed E-state index contributed by atoms with van der Waals surface area (Å²) in [6.07, 6.45) is 1.99. The molecule has 6 heteroatoms. The van der Waals surface area contributed by atoms with E-state index in [4.69, 9.17) is 17.3 Å². The van der Waals surface area contributed by atoms with Gasteiger partial charge in [0.05, 0.1) is 16.8 Å². The van der Waals surface area contributed by atoms with Gasteiger partial charge in [-0.2, -0.15) is 5.10 Å². The number of hydrogen-bond donors (Lipinski definition) is 2. The van der Waals surface area contributed by atoms with E-state index in [1.165, 1.54) is 0 Å². The Labute approximate surface area is 126 Å². The number of hydrogen-bond acceptors (Lipinski definition) is 3. The van der Waals surface area contributed by atoms with Gasteiger partial charge < -0.3 is 11.1 Å². The summed E-state index contributed by atoms with van der Waals surface area (Å²) in [4.78, 5) is 0. The number of aromatic nitrogens is 2. The van der Waals surface area contributed by atoms with E-state index < -0.39 is 0 Å². The van der Waals surface area contributed by atoms with E-state index >= 15 is 0 Å². The number of nitrogens with two attached hydrogens (primary N) is 1. The number of nitrogens with zero attached hydrogens (tertiary/aromatic N) is 2. The van der Waals surface area contributed by atoms with Gasteiger partial charge in [-0.3, -0.25) is 4.68 Å². The van der Waals surface area contributed by atoms with Crippen LogP contribution in [0.1, 0.15) is 17.3 Å². The number of aryl methyl sites for hydroxylation is 2. The fourth-order valence-electron chi connectivity index (χ4n) is 2.01. The zero-order chi connectivity index (χ0) is 14.0. The lowest BCUT2D eigenvalue weighted by Gasteiger charge is -2.18. The maximum absolute atomic E-state index is 6.09. The van der Waals surface area contributed by atoms with Crippen molar-refractivity contribution in [3.8, 4) is 0 Å². The minimum atomic E-state index is 0.0194. The Balaban J connectivity index is 2.23. The van der Waals surface area contributed by atoms with Crippen LogP contribution < -0.4 is 11.1 Å². The molecule has 0 spiro atoms. The maximum atomic E-state index is 6.09. The summed E-state index contributed by atoms with van der Waals surface area (Å²) in [5, 5.41) is 8.39. The molecule has 19 heavy (non-hydrogen) atoms. The quantitative estimate of drug-likeness (QED) is 0.896. The lowest BCUT2D eigenvalue weighted by Crippen LogP contribution is -2.21. The Kier molecular flexibility index (Phi) is 4.50. The van der Waals surface area contributed by atoms with Crippen molar-refractivity contribution in [1.82, 2.24) is 9.78 Å². The van der Waals surface area contributed by atoms with E-state index in [0.717, 1.165) is 21.4 Å². The van der Waals surface area contributed by atoms with Crippen LogP contribution >= 0.6 is 27.5 Å².